The van der Waals surface area contributed by atoms with Crippen molar-refractivity contribution in [3.8, 4) is 22.7 Å². The highest BCUT2D eigenvalue weighted by atomic mass is 35.5. The maximum Gasteiger partial charge on any atom is 0.224 e. The number of carbonyl (C=O) groups excluding carboxylic acids is 1. The quantitative estimate of drug-likeness (QED) is 0.384. The summed E-state index contributed by atoms with van der Waals surface area (Å²) in [6.45, 7) is 0.764. The molecule has 2 aromatic carbocycles. The van der Waals surface area contributed by atoms with Crippen LogP contribution in [0.5, 0.6) is 0 Å². The highest BCUT2D eigenvalue weighted by molar-refractivity contribution is 6.33. The highest BCUT2D eigenvalue weighted by Gasteiger charge is 2.19. The van der Waals surface area contributed by atoms with Crippen molar-refractivity contribution in [2.45, 2.75) is 45.1 Å². The van der Waals surface area contributed by atoms with Gasteiger partial charge in [0.25, 0.3) is 0 Å². The number of aryl methyl sites for hydroxylation is 2. The maximum absolute atomic E-state index is 14.7. The van der Waals surface area contributed by atoms with Crippen LogP contribution in [0.25, 0.3) is 22.7 Å². The molecule has 0 aliphatic carbocycles. The monoisotopic (exact) mass is 479 g/mol. The van der Waals surface area contributed by atoms with E-state index in [-0.39, 0.29) is 12.3 Å². The van der Waals surface area contributed by atoms with E-state index in [1.807, 2.05) is 22.8 Å². The van der Waals surface area contributed by atoms with Gasteiger partial charge in [0.2, 0.25) is 5.91 Å². The molecule has 5 rings (SSSR count). The largest absolute Gasteiger partial charge is 0.441 e. The van der Waals surface area contributed by atoms with Crippen LogP contribution in [0.2, 0.25) is 5.02 Å². The summed E-state index contributed by atoms with van der Waals surface area (Å²) >= 11 is 6.21. The number of halogens is 2. The van der Waals surface area contributed by atoms with Crippen LogP contribution in [0.3, 0.4) is 0 Å². The molecule has 0 bridgehead atoms. The predicted molar refractivity (Wildman–Crippen MR) is 127 cm³/mol. The Kier molecular flexibility index (Phi) is 6.40. The molecular formula is C25H23ClFN5O2. The number of hydrogen-bond acceptors (Lipinski definition) is 5. The zero-order valence-corrected chi connectivity index (χ0v) is 19.2. The van der Waals surface area contributed by atoms with E-state index in [0.29, 0.717) is 40.2 Å². The molecule has 34 heavy (non-hydrogen) atoms. The number of rotatable bonds is 6. The molecule has 1 aliphatic rings. The highest BCUT2D eigenvalue weighted by Crippen LogP contribution is 2.29. The third kappa shape index (κ3) is 4.72. The zero-order chi connectivity index (χ0) is 23.5. The van der Waals surface area contributed by atoms with Gasteiger partial charge in [0.05, 0.1) is 16.8 Å². The molecule has 0 saturated heterocycles. The lowest BCUT2D eigenvalue weighted by atomic mass is 10.1. The van der Waals surface area contributed by atoms with Crippen LogP contribution in [0.1, 0.15) is 37.4 Å². The average molecular weight is 480 g/mol. The van der Waals surface area contributed by atoms with Gasteiger partial charge in [-0.3, -0.25) is 4.79 Å². The van der Waals surface area contributed by atoms with Crippen LogP contribution < -0.4 is 5.32 Å². The number of aromatic nitrogens is 4. The fourth-order valence-electron chi connectivity index (χ4n) is 4.11. The Morgan fingerprint density at radius 3 is 2.88 bits per heavy atom. The van der Waals surface area contributed by atoms with E-state index < -0.39 is 5.82 Å². The third-order valence-electron chi connectivity index (χ3n) is 5.86. The third-order valence-corrected chi connectivity index (χ3v) is 6.19. The van der Waals surface area contributed by atoms with Crippen molar-refractivity contribution in [3.63, 3.8) is 0 Å². The molecule has 3 heterocycles. The van der Waals surface area contributed by atoms with Crippen molar-refractivity contribution in [1.82, 2.24) is 19.7 Å². The Morgan fingerprint density at radius 1 is 1.12 bits per heavy atom. The van der Waals surface area contributed by atoms with E-state index in [9.17, 15) is 9.18 Å². The van der Waals surface area contributed by atoms with Crippen molar-refractivity contribution in [3.05, 3.63) is 71.2 Å². The average Bonchev–Trinajstić information content (AvgIpc) is 3.40. The number of hydrogen-bond donors (Lipinski definition) is 1. The van der Waals surface area contributed by atoms with Crippen LogP contribution in [0, 0.1) is 5.82 Å². The number of nitrogens with one attached hydrogen (secondary N) is 1. The Bertz CT molecular complexity index is 1330. The number of amides is 1. The number of benzene rings is 2. The van der Waals surface area contributed by atoms with Crippen LogP contribution >= 0.6 is 11.6 Å². The Balaban J connectivity index is 1.26. The normalized spacial score (nSPS) is 13.4. The number of nitrogens with zero attached hydrogens (tertiary/aromatic N) is 4. The predicted octanol–water partition coefficient (Wildman–Crippen LogP) is 5.69. The summed E-state index contributed by atoms with van der Waals surface area (Å²) in [7, 11) is 0. The first-order valence-electron chi connectivity index (χ1n) is 11.3. The number of oxazole rings is 1. The molecule has 0 saturated carbocycles. The maximum atomic E-state index is 14.7. The molecule has 1 aliphatic heterocycles. The van der Waals surface area contributed by atoms with Gasteiger partial charge in [0, 0.05) is 37.1 Å². The molecule has 0 fully saturated rings. The minimum atomic E-state index is -0.399. The van der Waals surface area contributed by atoms with E-state index >= 15 is 0 Å². The van der Waals surface area contributed by atoms with E-state index in [2.05, 4.69) is 20.5 Å². The van der Waals surface area contributed by atoms with Crippen LogP contribution in [0.15, 0.2) is 53.1 Å². The lowest BCUT2D eigenvalue weighted by Gasteiger charge is -2.10. The summed E-state index contributed by atoms with van der Waals surface area (Å²) in [5.41, 5.74) is 1.57. The minimum Gasteiger partial charge on any atom is -0.441 e. The smallest absolute Gasteiger partial charge is 0.224 e. The van der Waals surface area contributed by atoms with Crippen LogP contribution in [-0.4, -0.2) is 25.7 Å². The SMILES string of the molecule is O=C(CCc1ncc(-c2ccccc2Cl)o1)Nc1ccc(F)c(-c2nnc3n2CCCCC3)c1. The molecule has 0 radical (unpaired) electrons. The van der Waals surface area contributed by atoms with Gasteiger partial charge >= 0.3 is 0 Å². The van der Waals surface area contributed by atoms with Crippen molar-refractivity contribution in [1.29, 1.82) is 0 Å². The van der Waals surface area contributed by atoms with Crippen LogP contribution in [-0.2, 0) is 24.2 Å². The molecule has 0 spiro atoms. The summed E-state index contributed by atoms with van der Waals surface area (Å²) in [6, 6.07) is 11.8. The molecular weight excluding hydrogens is 457 g/mol. The second kappa shape index (κ2) is 9.77. The van der Waals surface area contributed by atoms with Gasteiger partial charge < -0.3 is 14.3 Å². The summed E-state index contributed by atoms with van der Waals surface area (Å²) in [6.07, 6.45) is 6.10. The molecule has 1 N–H and O–H groups in total. The first-order valence-corrected chi connectivity index (χ1v) is 11.7. The fraction of sp³-hybridized carbons (Fsp3) is 0.280. The number of anilines is 1. The molecule has 4 aromatic rings. The minimum absolute atomic E-state index is 0.162. The Hall–Kier alpha value is -3.52. The van der Waals surface area contributed by atoms with E-state index in [1.54, 1.807) is 18.3 Å². The number of fused-ring (bicyclic) bond motifs is 1. The van der Waals surface area contributed by atoms with Gasteiger partial charge in [-0.1, -0.05) is 30.2 Å². The zero-order valence-electron chi connectivity index (χ0n) is 18.4. The fourth-order valence-corrected chi connectivity index (χ4v) is 4.34. The van der Waals surface area contributed by atoms with Gasteiger partial charge in [-0.15, -0.1) is 10.2 Å². The molecule has 9 heteroatoms. The lowest BCUT2D eigenvalue weighted by Crippen LogP contribution is -2.13. The molecule has 0 atom stereocenters. The summed E-state index contributed by atoms with van der Waals surface area (Å²) < 4.78 is 22.4. The Labute approximate surface area is 201 Å². The van der Waals surface area contributed by atoms with Gasteiger partial charge in [0.15, 0.2) is 17.5 Å². The van der Waals surface area contributed by atoms with Gasteiger partial charge in [0.1, 0.15) is 11.6 Å². The topological polar surface area (TPSA) is 85.8 Å². The van der Waals surface area contributed by atoms with E-state index in [4.69, 9.17) is 16.0 Å². The second-order valence-electron chi connectivity index (χ2n) is 8.24. The van der Waals surface area contributed by atoms with Gasteiger partial charge in [-0.2, -0.15) is 0 Å². The van der Waals surface area contributed by atoms with E-state index in [1.165, 1.54) is 12.1 Å². The summed E-state index contributed by atoms with van der Waals surface area (Å²) in [5, 5.41) is 11.9. The van der Waals surface area contributed by atoms with Crippen molar-refractivity contribution >= 4 is 23.2 Å². The molecule has 7 nitrogen and oxygen atoms in total. The standard InChI is InChI=1S/C25H23ClFN5O2/c26-19-7-4-3-6-17(19)21-15-28-24(34-21)12-11-23(33)29-16-9-10-20(27)18(14-16)25-31-30-22-8-2-1-5-13-32(22)25/h3-4,6-7,9-10,14-15H,1-2,5,8,11-13H2,(H,29,33). The van der Waals surface area contributed by atoms with Crippen molar-refractivity contribution < 1.29 is 13.6 Å². The molecule has 1 amide bonds. The number of carbonyl (C=O) groups is 1. The van der Waals surface area contributed by atoms with Crippen molar-refractivity contribution in [2.75, 3.05) is 5.32 Å². The summed E-state index contributed by atoms with van der Waals surface area (Å²) in [5.74, 6) is 1.74. The first-order chi connectivity index (χ1) is 16.6. The molecule has 0 unspecified atom stereocenters. The van der Waals surface area contributed by atoms with Crippen LogP contribution in [0.4, 0.5) is 10.1 Å². The molecule has 174 valence electrons. The van der Waals surface area contributed by atoms with Gasteiger partial charge in [-0.25, -0.2) is 9.37 Å². The summed E-state index contributed by atoms with van der Waals surface area (Å²) in [4.78, 5) is 16.8. The lowest BCUT2D eigenvalue weighted by molar-refractivity contribution is -0.116. The van der Waals surface area contributed by atoms with Crippen molar-refractivity contribution in [2.24, 2.45) is 0 Å². The Morgan fingerprint density at radius 2 is 2.00 bits per heavy atom. The van der Waals surface area contributed by atoms with Gasteiger partial charge in [-0.05, 0) is 43.2 Å². The second-order valence-corrected chi connectivity index (χ2v) is 8.65. The molecule has 2 aromatic heterocycles. The first kappa shape index (κ1) is 22.3. The van der Waals surface area contributed by atoms with E-state index in [0.717, 1.165) is 43.6 Å².